The van der Waals surface area contributed by atoms with Crippen LogP contribution in [0.5, 0.6) is 0 Å². The third-order valence-electron chi connectivity index (χ3n) is 8.03. The Morgan fingerprint density at radius 1 is 0.625 bits per heavy atom. The maximum atomic E-state index is 11.6. The van der Waals surface area contributed by atoms with Crippen molar-refractivity contribution in [3.63, 3.8) is 0 Å². The van der Waals surface area contributed by atoms with Crippen LogP contribution in [0.25, 0.3) is 0 Å². The van der Waals surface area contributed by atoms with Crippen LogP contribution in [0.15, 0.2) is 24.8 Å². The number of allylic oxidation sites excluding steroid dienone is 2. The van der Waals surface area contributed by atoms with Crippen molar-refractivity contribution in [2.24, 2.45) is 5.92 Å². The predicted molar refractivity (Wildman–Crippen MR) is 172 cm³/mol. The Labute approximate surface area is 248 Å². The number of hydrogen-bond acceptors (Lipinski definition) is 3. The Hall–Kier alpha value is -1.58. The molecule has 1 unspecified atom stereocenters. The Morgan fingerprint density at radius 3 is 1.30 bits per heavy atom. The van der Waals surface area contributed by atoms with E-state index in [0.717, 1.165) is 19.3 Å². The second kappa shape index (κ2) is 31.9. The monoisotopic (exact) mass is 562 g/mol. The van der Waals surface area contributed by atoms with Gasteiger partial charge < -0.3 is 9.84 Å². The average Bonchev–Trinajstić information content (AvgIpc) is 2.94. The maximum Gasteiger partial charge on any atom is 0.307 e. The van der Waals surface area contributed by atoms with E-state index in [4.69, 9.17) is 4.74 Å². The zero-order chi connectivity index (χ0) is 29.4. The van der Waals surface area contributed by atoms with E-state index < -0.39 is 17.9 Å². The van der Waals surface area contributed by atoms with Crippen LogP contribution >= 0.6 is 0 Å². The number of carbonyl (C=O) groups excluding carboxylic acids is 1. The summed E-state index contributed by atoms with van der Waals surface area (Å²) in [5.74, 6) is -1.98. The van der Waals surface area contributed by atoms with Gasteiger partial charge in [0.25, 0.3) is 0 Å². The minimum atomic E-state index is -0.899. The maximum absolute atomic E-state index is 11.6. The average molecular weight is 563 g/mol. The predicted octanol–water partition coefficient (Wildman–Crippen LogP) is 11.5. The van der Waals surface area contributed by atoms with Crippen LogP contribution in [-0.2, 0) is 14.3 Å². The van der Waals surface area contributed by atoms with Gasteiger partial charge in [0.15, 0.2) is 0 Å². The molecular weight excluding hydrogens is 496 g/mol. The highest BCUT2D eigenvalue weighted by Gasteiger charge is 2.21. The molecule has 1 atom stereocenters. The van der Waals surface area contributed by atoms with Gasteiger partial charge in [0.1, 0.15) is 6.61 Å². The van der Waals surface area contributed by atoms with E-state index in [2.05, 4.69) is 25.7 Å². The smallest absolute Gasteiger partial charge is 0.307 e. The number of ether oxygens (including phenoxy) is 1. The first kappa shape index (κ1) is 38.4. The van der Waals surface area contributed by atoms with E-state index in [1.165, 1.54) is 147 Å². The van der Waals surface area contributed by atoms with E-state index in [-0.39, 0.29) is 13.0 Å². The number of carboxylic acid groups (broad SMARTS) is 1. The first-order chi connectivity index (χ1) is 19.6. The molecule has 0 aromatic heterocycles. The number of hydrogen-bond donors (Lipinski definition) is 1. The molecule has 0 saturated carbocycles. The molecule has 1 N–H and O–H groups in total. The summed E-state index contributed by atoms with van der Waals surface area (Å²) in [7, 11) is 0. The molecule has 4 nitrogen and oxygen atoms in total. The lowest BCUT2D eigenvalue weighted by Gasteiger charge is -2.11. The van der Waals surface area contributed by atoms with Crippen LogP contribution in [0.3, 0.4) is 0 Å². The second-order valence-electron chi connectivity index (χ2n) is 11.8. The van der Waals surface area contributed by atoms with Crippen molar-refractivity contribution in [2.75, 3.05) is 6.61 Å². The van der Waals surface area contributed by atoms with Crippen LogP contribution in [0.2, 0.25) is 0 Å². The highest BCUT2D eigenvalue weighted by Crippen LogP contribution is 2.18. The standard InChI is InChI=1S/C36H66O4/c1-3-5-6-7-8-9-10-11-12-13-14-15-16-17-18-19-20-21-22-23-24-25-26-27-28-29-30-31-34(36(38)39)33-35(37)40-32-4-2/h3-5,34H,2,6-33H2,1H3,(H,38,39)/b5-3+. The fraction of sp³-hybridized carbons (Fsp3) is 0.833. The zero-order valence-electron chi connectivity index (χ0n) is 26.5. The highest BCUT2D eigenvalue weighted by atomic mass is 16.5. The van der Waals surface area contributed by atoms with Gasteiger partial charge in [-0.25, -0.2) is 0 Å². The lowest BCUT2D eigenvalue weighted by Crippen LogP contribution is -2.19. The number of rotatable bonds is 32. The van der Waals surface area contributed by atoms with E-state index in [1.807, 2.05) is 0 Å². The summed E-state index contributed by atoms with van der Waals surface area (Å²) in [4.78, 5) is 23.0. The highest BCUT2D eigenvalue weighted by molar-refractivity contribution is 5.78. The molecule has 0 aliphatic rings. The van der Waals surface area contributed by atoms with Crippen molar-refractivity contribution in [1.82, 2.24) is 0 Å². The van der Waals surface area contributed by atoms with E-state index >= 15 is 0 Å². The second-order valence-corrected chi connectivity index (χ2v) is 11.8. The number of carbonyl (C=O) groups is 2. The molecule has 0 fully saturated rings. The largest absolute Gasteiger partial charge is 0.481 e. The van der Waals surface area contributed by atoms with Crippen molar-refractivity contribution < 1.29 is 19.4 Å². The lowest BCUT2D eigenvalue weighted by atomic mass is 9.97. The molecule has 0 saturated heterocycles. The Kier molecular flexibility index (Phi) is 30.7. The summed E-state index contributed by atoms with van der Waals surface area (Å²) < 4.78 is 4.91. The third-order valence-corrected chi connectivity index (χ3v) is 8.03. The van der Waals surface area contributed by atoms with Crippen LogP contribution < -0.4 is 0 Å². The number of esters is 1. The minimum absolute atomic E-state index is 0.0402. The molecule has 40 heavy (non-hydrogen) atoms. The van der Waals surface area contributed by atoms with Crippen molar-refractivity contribution in [1.29, 1.82) is 0 Å². The van der Waals surface area contributed by atoms with Gasteiger partial charge in [0, 0.05) is 0 Å². The SMILES string of the molecule is C=CCOC(=O)CC(CCCCCCCCCCCCCCCCCCCCCCCCCC/C=C/C)C(=O)O. The molecule has 0 amide bonds. The van der Waals surface area contributed by atoms with Gasteiger partial charge in [-0.2, -0.15) is 0 Å². The third kappa shape index (κ3) is 29.4. The van der Waals surface area contributed by atoms with Gasteiger partial charge in [0.2, 0.25) is 0 Å². The van der Waals surface area contributed by atoms with E-state index in [1.54, 1.807) is 0 Å². The van der Waals surface area contributed by atoms with Gasteiger partial charge in [-0.1, -0.05) is 172 Å². The Morgan fingerprint density at radius 2 is 0.975 bits per heavy atom. The number of carboxylic acids is 1. The van der Waals surface area contributed by atoms with Gasteiger partial charge >= 0.3 is 11.9 Å². The van der Waals surface area contributed by atoms with Crippen molar-refractivity contribution in [2.45, 2.75) is 180 Å². The molecule has 0 radical (unpaired) electrons. The summed E-state index contributed by atoms with van der Waals surface area (Å²) in [5, 5.41) is 9.32. The molecule has 0 heterocycles. The van der Waals surface area contributed by atoms with Gasteiger partial charge in [-0.15, -0.1) is 0 Å². The van der Waals surface area contributed by atoms with Crippen molar-refractivity contribution >= 4 is 11.9 Å². The van der Waals surface area contributed by atoms with E-state index in [0.29, 0.717) is 6.42 Å². The van der Waals surface area contributed by atoms with Gasteiger partial charge in [0.05, 0.1) is 12.3 Å². The van der Waals surface area contributed by atoms with Crippen molar-refractivity contribution in [3.8, 4) is 0 Å². The van der Waals surface area contributed by atoms with Crippen LogP contribution in [0.4, 0.5) is 0 Å². The molecule has 0 aliphatic carbocycles. The Bertz CT molecular complexity index is 598. The van der Waals surface area contributed by atoms with Crippen LogP contribution in [0, 0.1) is 5.92 Å². The summed E-state index contributed by atoms with van der Waals surface area (Å²) in [6.45, 7) is 5.75. The lowest BCUT2D eigenvalue weighted by molar-refractivity contribution is -0.151. The number of aliphatic carboxylic acids is 1. The Balaban J connectivity index is 3.27. The molecule has 0 aromatic rings. The zero-order valence-corrected chi connectivity index (χ0v) is 26.5. The summed E-state index contributed by atoms with van der Waals surface area (Å²) in [6, 6.07) is 0. The molecule has 234 valence electrons. The number of unbranched alkanes of at least 4 members (excludes halogenated alkanes) is 24. The molecule has 0 rings (SSSR count). The molecule has 0 aromatic carbocycles. The quantitative estimate of drug-likeness (QED) is 0.0503. The van der Waals surface area contributed by atoms with E-state index in [9.17, 15) is 14.7 Å². The molecule has 0 bridgehead atoms. The van der Waals surface area contributed by atoms with Crippen LogP contribution in [0.1, 0.15) is 180 Å². The molecule has 0 aliphatic heterocycles. The molecule has 4 heteroatoms. The fourth-order valence-electron chi connectivity index (χ4n) is 5.43. The van der Waals surface area contributed by atoms with Crippen LogP contribution in [-0.4, -0.2) is 23.7 Å². The summed E-state index contributed by atoms with van der Waals surface area (Å²) in [5.41, 5.74) is 0. The minimum Gasteiger partial charge on any atom is -0.481 e. The normalized spacial score (nSPS) is 12.1. The summed E-state index contributed by atoms with van der Waals surface area (Å²) in [6.07, 6.45) is 40.2. The topological polar surface area (TPSA) is 63.6 Å². The van der Waals surface area contributed by atoms with Gasteiger partial charge in [-0.3, -0.25) is 9.59 Å². The molecule has 0 spiro atoms. The summed E-state index contributed by atoms with van der Waals surface area (Å²) >= 11 is 0. The fourth-order valence-corrected chi connectivity index (χ4v) is 5.43. The molecular formula is C36H66O4. The van der Waals surface area contributed by atoms with Gasteiger partial charge in [-0.05, 0) is 26.2 Å². The van der Waals surface area contributed by atoms with Crippen molar-refractivity contribution in [3.05, 3.63) is 24.8 Å². The first-order valence-electron chi connectivity index (χ1n) is 17.2. The first-order valence-corrected chi connectivity index (χ1v) is 17.2.